The van der Waals surface area contributed by atoms with Gasteiger partial charge in [-0.1, -0.05) is 32.9 Å². The van der Waals surface area contributed by atoms with E-state index in [0.717, 1.165) is 4.90 Å². The highest BCUT2D eigenvalue weighted by atomic mass is 32.2. The lowest BCUT2D eigenvalue weighted by molar-refractivity contribution is -0.132. The number of hydrogen-bond acceptors (Lipinski definition) is 3. The normalized spacial score (nSPS) is 20.3. The number of piperidine rings is 1. The second-order valence-corrected chi connectivity index (χ2v) is 7.11. The van der Waals surface area contributed by atoms with E-state index in [1.807, 2.05) is 0 Å². The summed E-state index contributed by atoms with van der Waals surface area (Å²) in [5, 5.41) is 2.23. The van der Waals surface area contributed by atoms with E-state index in [2.05, 4.69) is 50.4 Å². The molecular formula is C15H19NO2S. The van der Waals surface area contributed by atoms with Crippen LogP contribution in [0.1, 0.15) is 39.2 Å². The Bertz CT molecular complexity index is 488. The van der Waals surface area contributed by atoms with Crippen molar-refractivity contribution in [2.45, 2.75) is 49.2 Å². The molecule has 102 valence electrons. The molecule has 1 N–H and O–H groups in total. The number of amides is 2. The van der Waals surface area contributed by atoms with E-state index >= 15 is 0 Å². The van der Waals surface area contributed by atoms with Gasteiger partial charge in [-0.2, -0.15) is 0 Å². The average Bonchev–Trinajstić information content (AvgIpc) is 2.32. The van der Waals surface area contributed by atoms with E-state index in [1.165, 1.54) is 17.3 Å². The maximum absolute atomic E-state index is 11.7. The van der Waals surface area contributed by atoms with Crippen LogP contribution in [0, 0.1) is 0 Å². The molecule has 3 nitrogen and oxygen atoms in total. The van der Waals surface area contributed by atoms with Crippen LogP contribution in [0.15, 0.2) is 29.2 Å². The lowest BCUT2D eigenvalue weighted by atomic mass is 9.87. The standard InChI is InChI=1S/C15H19NO2S/c1-15(2,3)10-4-6-11(7-5-10)19-12-8-9-13(17)16-14(12)18/h4-7,12H,8-9H2,1-3H3,(H,16,17,18). The summed E-state index contributed by atoms with van der Waals surface area (Å²) in [5.41, 5.74) is 1.41. The van der Waals surface area contributed by atoms with Crippen molar-refractivity contribution in [1.82, 2.24) is 5.32 Å². The first-order valence-corrected chi connectivity index (χ1v) is 7.35. The molecule has 4 heteroatoms. The van der Waals surface area contributed by atoms with E-state index in [9.17, 15) is 9.59 Å². The fourth-order valence-electron chi connectivity index (χ4n) is 1.98. The van der Waals surface area contributed by atoms with Crippen molar-refractivity contribution in [3.63, 3.8) is 0 Å². The van der Waals surface area contributed by atoms with E-state index in [0.29, 0.717) is 12.8 Å². The predicted octanol–water partition coefficient (Wildman–Crippen LogP) is 2.88. The third kappa shape index (κ3) is 3.60. The lowest BCUT2D eigenvalue weighted by Crippen LogP contribution is -2.42. The van der Waals surface area contributed by atoms with Crippen LogP contribution >= 0.6 is 11.8 Å². The zero-order valence-corrected chi connectivity index (χ0v) is 12.3. The molecule has 1 heterocycles. The van der Waals surface area contributed by atoms with Crippen LogP contribution in [-0.4, -0.2) is 17.1 Å². The summed E-state index contributed by atoms with van der Waals surface area (Å²) in [7, 11) is 0. The maximum Gasteiger partial charge on any atom is 0.240 e. The van der Waals surface area contributed by atoms with Gasteiger partial charge in [-0.15, -0.1) is 11.8 Å². The molecule has 0 saturated carbocycles. The molecule has 1 aromatic rings. The minimum Gasteiger partial charge on any atom is -0.295 e. The second-order valence-electron chi connectivity index (χ2n) is 5.83. The molecule has 2 rings (SSSR count). The third-order valence-electron chi connectivity index (χ3n) is 3.19. The van der Waals surface area contributed by atoms with Crippen molar-refractivity contribution in [2.75, 3.05) is 0 Å². The number of nitrogens with one attached hydrogen (secondary N) is 1. The number of imide groups is 1. The Morgan fingerprint density at radius 2 is 1.79 bits per heavy atom. The quantitative estimate of drug-likeness (QED) is 0.846. The monoisotopic (exact) mass is 277 g/mol. The fraction of sp³-hybridized carbons (Fsp3) is 0.467. The summed E-state index contributed by atoms with van der Waals surface area (Å²) < 4.78 is 0. The largest absolute Gasteiger partial charge is 0.295 e. The molecule has 2 amide bonds. The van der Waals surface area contributed by atoms with Gasteiger partial charge in [0.1, 0.15) is 0 Å². The minimum absolute atomic E-state index is 0.137. The predicted molar refractivity (Wildman–Crippen MR) is 77.2 cm³/mol. The van der Waals surface area contributed by atoms with Crippen molar-refractivity contribution in [2.24, 2.45) is 0 Å². The summed E-state index contributed by atoms with van der Waals surface area (Å²) >= 11 is 1.53. The molecule has 19 heavy (non-hydrogen) atoms. The van der Waals surface area contributed by atoms with Gasteiger partial charge in [0.05, 0.1) is 5.25 Å². The van der Waals surface area contributed by atoms with Crippen molar-refractivity contribution >= 4 is 23.6 Å². The Morgan fingerprint density at radius 3 is 2.32 bits per heavy atom. The van der Waals surface area contributed by atoms with Gasteiger partial charge in [0, 0.05) is 11.3 Å². The highest BCUT2D eigenvalue weighted by Crippen LogP contribution is 2.30. The Hall–Kier alpha value is -1.29. The zero-order valence-electron chi connectivity index (χ0n) is 11.5. The van der Waals surface area contributed by atoms with Gasteiger partial charge < -0.3 is 0 Å². The first-order valence-electron chi connectivity index (χ1n) is 6.47. The Labute approximate surface area is 118 Å². The van der Waals surface area contributed by atoms with Crippen LogP contribution in [0.3, 0.4) is 0 Å². The van der Waals surface area contributed by atoms with E-state index < -0.39 is 0 Å². The van der Waals surface area contributed by atoms with Gasteiger partial charge >= 0.3 is 0 Å². The summed E-state index contributed by atoms with van der Waals surface area (Å²) in [6, 6.07) is 8.31. The number of rotatable bonds is 2. The number of carbonyl (C=O) groups is 2. The van der Waals surface area contributed by atoms with Crippen molar-refractivity contribution in [3.05, 3.63) is 29.8 Å². The summed E-state index contributed by atoms with van der Waals surface area (Å²) in [5.74, 6) is -0.328. The van der Waals surface area contributed by atoms with Crippen LogP contribution in [0.2, 0.25) is 0 Å². The molecule has 1 atom stereocenters. The lowest BCUT2D eigenvalue weighted by Gasteiger charge is -2.21. The van der Waals surface area contributed by atoms with Gasteiger partial charge in [0.15, 0.2) is 0 Å². The van der Waals surface area contributed by atoms with Crippen LogP contribution < -0.4 is 5.32 Å². The van der Waals surface area contributed by atoms with Gasteiger partial charge in [0.2, 0.25) is 11.8 Å². The molecule has 0 aliphatic carbocycles. The van der Waals surface area contributed by atoms with Crippen molar-refractivity contribution in [1.29, 1.82) is 0 Å². The Kier molecular flexibility index (Phi) is 3.99. The van der Waals surface area contributed by atoms with Crippen LogP contribution in [0.25, 0.3) is 0 Å². The topological polar surface area (TPSA) is 46.2 Å². The molecule has 1 aromatic carbocycles. The Balaban J connectivity index is 2.04. The smallest absolute Gasteiger partial charge is 0.240 e. The molecule has 0 radical (unpaired) electrons. The molecule has 1 saturated heterocycles. The maximum atomic E-state index is 11.7. The number of thioether (sulfide) groups is 1. The molecule has 0 bridgehead atoms. The second kappa shape index (κ2) is 5.37. The van der Waals surface area contributed by atoms with Crippen molar-refractivity contribution in [3.8, 4) is 0 Å². The summed E-state index contributed by atoms with van der Waals surface area (Å²) in [6.07, 6.45) is 1.06. The van der Waals surface area contributed by atoms with E-state index in [4.69, 9.17) is 0 Å². The third-order valence-corrected chi connectivity index (χ3v) is 4.47. The van der Waals surface area contributed by atoms with Gasteiger partial charge in [0.25, 0.3) is 0 Å². The molecule has 0 spiro atoms. The molecule has 0 aromatic heterocycles. The fourth-order valence-corrected chi connectivity index (χ4v) is 3.01. The molecule has 1 aliphatic rings. The zero-order chi connectivity index (χ0) is 14.0. The van der Waals surface area contributed by atoms with Crippen LogP contribution in [-0.2, 0) is 15.0 Å². The number of benzene rings is 1. The summed E-state index contributed by atoms with van der Waals surface area (Å²) in [4.78, 5) is 23.8. The summed E-state index contributed by atoms with van der Waals surface area (Å²) in [6.45, 7) is 6.53. The van der Waals surface area contributed by atoms with E-state index in [-0.39, 0.29) is 22.5 Å². The van der Waals surface area contributed by atoms with Crippen molar-refractivity contribution < 1.29 is 9.59 Å². The van der Waals surface area contributed by atoms with Gasteiger partial charge in [-0.05, 0) is 29.5 Å². The first kappa shape index (κ1) is 14.1. The van der Waals surface area contributed by atoms with Crippen LogP contribution in [0.4, 0.5) is 0 Å². The number of hydrogen-bond donors (Lipinski definition) is 1. The first-order chi connectivity index (χ1) is 8.86. The van der Waals surface area contributed by atoms with Gasteiger partial charge in [-0.25, -0.2) is 0 Å². The molecular weight excluding hydrogens is 258 g/mol. The average molecular weight is 277 g/mol. The SMILES string of the molecule is CC(C)(C)c1ccc(SC2CCC(=O)NC2=O)cc1. The molecule has 1 unspecified atom stereocenters. The van der Waals surface area contributed by atoms with Gasteiger partial charge in [-0.3, -0.25) is 14.9 Å². The Morgan fingerprint density at radius 1 is 1.16 bits per heavy atom. The molecule has 1 fully saturated rings. The van der Waals surface area contributed by atoms with Crippen LogP contribution in [0.5, 0.6) is 0 Å². The highest BCUT2D eigenvalue weighted by molar-refractivity contribution is 8.00. The number of carbonyl (C=O) groups excluding carboxylic acids is 2. The molecule has 1 aliphatic heterocycles. The minimum atomic E-state index is -0.166. The van der Waals surface area contributed by atoms with E-state index in [1.54, 1.807) is 0 Å². The highest BCUT2D eigenvalue weighted by Gasteiger charge is 2.27.